The highest BCUT2D eigenvalue weighted by molar-refractivity contribution is 5.78. The Morgan fingerprint density at radius 1 is 0.800 bits per heavy atom. The van der Waals surface area contributed by atoms with Gasteiger partial charge in [0.05, 0.1) is 14.2 Å². The summed E-state index contributed by atoms with van der Waals surface area (Å²) in [6.45, 7) is 0. The number of rotatable bonds is 5. The molecule has 0 radical (unpaired) electrons. The van der Waals surface area contributed by atoms with Crippen molar-refractivity contribution in [1.82, 2.24) is 24.6 Å². The molecule has 0 aliphatic rings. The van der Waals surface area contributed by atoms with Gasteiger partial charge in [-0.15, -0.1) is 10.2 Å². The minimum atomic E-state index is 0.354. The van der Waals surface area contributed by atoms with Gasteiger partial charge >= 0.3 is 0 Å². The molecule has 0 bridgehead atoms. The lowest BCUT2D eigenvalue weighted by Crippen LogP contribution is -1.91. The second-order valence-electron chi connectivity index (χ2n) is 6.47. The van der Waals surface area contributed by atoms with E-state index in [2.05, 4.69) is 20.2 Å². The van der Waals surface area contributed by atoms with Gasteiger partial charge in [0.2, 0.25) is 11.7 Å². The third kappa shape index (κ3) is 3.04. The van der Waals surface area contributed by atoms with Crippen molar-refractivity contribution >= 4 is 5.78 Å². The molecule has 0 unspecified atom stereocenters. The molecule has 0 spiro atoms. The number of ether oxygens (including phenoxy) is 2. The van der Waals surface area contributed by atoms with Crippen molar-refractivity contribution in [2.24, 2.45) is 0 Å². The zero-order valence-corrected chi connectivity index (χ0v) is 16.3. The third-order valence-electron chi connectivity index (χ3n) is 4.73. The zero-order valence-electron chi connectivity index (χ0n) is 16.3. The van der Waals surface area contributed by atoms with Crippen LogP contribution < -0.4 is 9.47 Å². The van der Waals surface area contributed by atoms with Gasteiger partial charge in [0, 0.05) is 23.5 Å². The van der Waals surface area contributed by atoms with Crippen LogP contribution in [0.15, 0.2) is 71.4 Å². The van der Waals surface area contributed by atoms with Crippen LogP contribution in [0.25, 0.3) is 40.1 Å². The number of benzene rings is 2. The monoisotopic (exact) mass is 399 g/mol. The number of hydrogen-bond donors (Lipinski definition) is 0. The van der Waals surface area contributed by atoms with Crippen molar-refractivity contribution in [2.75, 3.05) is 14.2 Å². The van der Waals surface area contributed by atoms with Gasteiger partial charge in [-0.05, 0) is 54.6 Å². The van der Waals surface area contributed by atoms with Gasteiger partial charge in [0.25, 0.3) is 5.89 Å². The van der Waals surface area contributed by atoms with Crippen LogP contribution in [0.3, 0.4) is 0 Å². The Morgan fingerprint density at radius 2 is 1.43 bits per heavy atom. The summed E-state index contributed by atoms with van der Waals surface area (Å²) in [5, 5.41) is 8.51. The molecular formula is C22H17N5O3. The fraction of sp³-hybridized carbons (Fsp3) is 0.0909. The minimum Gasteiger partial charge on any atom is -0.497 e. The molecular weight excluding hydrogens is 382 g/mol. The van der Waals surface area contributed by atoms with Crippen molar-refractivity contribution in [1.29, 1.82) is 0 Å². The van der Waals surface area contributed by atoms with Gasteiger partial charge in [0.15, 0.2) is 0 Å². The Labute approximate surface area is 171 Å². The Kier molecular flexibility index (Phi) is 4.36. The van der Waals surface area contributed by atoms with E-state index >= 15 is 0 Å². The van der Waals surface area contributed by atoms with E-state index in [1.54, 1.807) is 20.4 Å². The van der Waals surface area contributed by atoms with Gasteiger partial charge in [-0.1, -0.05) is 0 Å². The lowest BCUT2D eigenvalue weighted by Gasteiger charge is -2.03. The van der Waals surface area contributed by atoms with Gasteiger partial charge in [0.1, 0.15) is 22.9 Å². The molecule has 0 amide bonds. The van der Waals surface area contributed by atoms with E-state index in [1.807, 2.05) is 65.2 Å². The van der Waals surface area contributed by atoms with E-state index in [-0.39, 0.29) is 0 Å². The van der Waals surface area contributed by atoms with Crippen molar-refractivity contribution < 1.29 is 13.9 Å². The standard InChI is InChI=1S/C22H17N5O3/c1-28-16-8-4-14(5-9-16)18-19(27-13-3-12-23-22(27)24-18)21-26-25-20(30-21)15-6-10-17(29-2)11-7-15/h3-13H,1-2H3. The number of nitrogens with zero attached hydrogens (tertiary/aromatic N) is 5. The molecule has 0 N–H and O–H groups in total. The largest absolute Gasteiger partial charge is 0.497 e. The highest BCUT2D eigenvalue weighted by Gasteiger charge is 2.22. The van der Waals surface area contributed by atoms with E-state index in [0.29, 0.717) is 28.9 Å². The molecule has 0 saturated carbocycles. The topological polar surface area (TPSA) is 87.6 Å². The summed E-state index contributed by atoms with van der Waals surface area (Å²) in [5.74, 6) is 2.83. The summed E-state index contributed by atoms with van der Waals surface area (Å²) in [4.78, 5) is 9.04. The second-order valence-corrected chi connectivity index (χ2v) is 6.47. The summed E-state index contributed by atoms with van der Waals surface area (Å²) in [7, 11) is 3.26. The maximum absolute atomic E-state index is 6.03. The molecule has 0 atom stereocenters. The number of imidazole rings is 1. The highest BCUT2D eigenvalue weighted by atomic mass is 16.5. The van der Waals surface area contributed by atoms with Crippen molar-refractivity contribution in [3.05, 3.63) is 67.0 Å². The van der Waals surface area contributed by atoms with Gasteiger partial charge in [-0.2, -0.15) is 0 Å². The molecule has 8 heteroatoms. The first-order chi connectivity index (χ1) is 14.8. The molecule has 148 valence electrons. The van der Waals surface area contributed by atoms with Gasteiger partial charge < -0.3 is 13.9 Å². The van der Waals surface area contributed by atoms with E-state index in [0.717, 1.165) is 22.6 Å². The van der Waals surface area contributed by atoms with E-state index < -0.39 is 0 Å². The Bertz CT molecular complexity index is 1310. The fourth-order valence-corrected chi connectivity index (χ4v) is 3.21. The predicted octanol–water partition coefficient (Wildman–Crippen LogP) is 4.13. The van der Waals surface area contributed by atoms with Crippen LogP contribution in [0, 0.1) is 0 Å². The first-order valence-corrected chi connectivity index (χ1v) is 9.22. The van der Waals surface area contributed by atoms with Crippen LogP contribution in [-0.2, 0) is 0 Å². The SMILES string of the molecule is COc1ccc(-c2nnc(-c3c(-c4ccc(OC)cc4)nc4ncccn34)o2)cc1. The van der Waals surface area contributed by atoms with Gasteiger partial charge in [-0.25, -0.2) is 9.97 Å². The number of methoxy groups -OCH3 is 2. The van der Waals surface area contributed by atoms with Crippen LogP contribution in [0.4, 0.5) is 0 Å². The maximum Gasteiger partial charge on any atom is 0.267 e. The molecule has 8 nitrogen and oxygen atoms in total. The molecule has 0 aliphatic heterocycles. The average Bonchev–Trinajstić information content (AvgIpc) is 3.44. The molecule has 0 aliphatic carbocycles. The van der Waals surface area contributed by atoms with E-state index in [1.165, 1.54) is 0 Å². The molecule has 0 fully saturated rings. The highest BCUT2D eigenvalue weighted by Crippen LogP contribution is 2.34. The van der Waals surface area contributed by atoms with E-state index in [9.17, 15) is 0 Å². The summed E-state index contributed by atoms with van der Waals surface area (Å²) in [5.41, 5.74) is 3.06. The summed E-state index contributed by atoms with van der Waals surface area (Å²) >= 11 is 0. The van der Waals surface area contributed by atoms with E-state index in [4.69, 9.17) is 13.9 Å². The van der Waals surface area contributed by atoms with Crippen LogP contribution in [0.5, 0.6) is 11.5 Å². The molecule has 3 aromatic heterocycles. The third-order valence-corrected chi connectivity index (χ3v) is 4.73. The molecule has 5 rings (SSSR count). The maximum atomic E-state index is 6.03. The smallest absolute Gasteiger partial charge is 0.267 e. The number of fused-ring (bicyclic) bond motifs is 1. The van der Waals surface area contributed by atoms with Crippen molar-refractivity contribution in [2.45, 2.75) is 0 Å². The predicted molar refractivity (Wildman–Crippen MR) is 110 cm³/mol. The average molecular weight is 399 g/mol. The van der Waals surface area contributed by atoms with Crippen LogP contribution in [0.1, 0.15) is 0 Å². The van der Waals surface area contributed by atoms with Gasteiger partial charge in [-0.3, -0.25) is 4.40 Å². The molecule has 2 aromatic carbocycles. The summed E-state index contributed by atoms with van der Waals surface area (Å²) in [6, 6.07) is 16.9. The number of aromatic nitrogens is 5. The van der Waals surface area contributed by atoms with Crippen molar-refractivity contribution in [3.63, 3.8) is 0 Å². The molecule has 30 heavy (non-hydrogen) atoms. The Balaban J connectivity index is 1.63. The zero-order chi connectivity index (χ0) is 20.5. The van der Waals surface area contributed by atoms with Crippen molar-refractivity contribution in [3.8, 4) is 45.8 Å². The summed E-state index contributed by atoms with van der Waals surface area (Å²) < 4.78 is 18.3. The Hall–Kier alpha value is -4.20. The first kappa shape index (κ1) is 17.9. The van der Waals surface area contributed by atoms with Crippen LogP contribution in [-0.4, -0.2) is 38.8 Å². The fourth-order valence-electron chi connectivity index (χ4n) is 3.21. The first-order valence-electron chi connectivity index (χ1n) is 9.22. The molecule has 0 saturated heterocycles. The quantitative estimate of drug-likeness (QED) is 0.439. The lowest BCUT2D eigenvalue weighted by atomic mass is 10.1. The normalized spacial score (nSPS) is 11.0. The van der Waals surface area contributed by atoms with Crippen LogP contribution >= 0.6 is 0 Å². The summed E-state index contributed by atoms with van der Waals surface area (Å²) in [6.07, 6.45) is 3.56. The second kappa shape index (κ2) is 7.32. The lowest BCUT2D eigenvalue weighted by molar-refractivity contribution is 0.414. The molecule has 5 aromatic rings. The number of hydrogen-bond acceptors (Lipinski definition) is 7. The Morgan fingerprint density at radius 3 is 2.10 bits per heavy atom. The molecule has 3 heterocycles. The minimum absolute atomic E-state index is 0.354. The van der Waals surface area contributed by atoms with Crippen LogP contribution in [0.2, 0.25) is 0 Å².